The molecule has 0 aliphatic heterocycles. The molecule has 0 spiro atoms. The van der Waals surface area contributed by atoms with E-state index in [4.69, 9.17) is 0 Å². The third kappa shape index (κ3) is 3.56. The average molecular weight is 232 g/mol. The molecule has 88 valence electrons. The Morgan fingerprint density at radius 2 is 2.12 bits per heavy atom. The average Bonchev–Trinajstić information content (AvgIpc) is 2.83. The summed E-state index contributed by atoms with van der Waals surface area (Å²) in [5.41, 5.74) is 0. The number of hydrogen-bond acceptors (Lipinski definition) is 5. The van der Waals surface area contributed by atoms with Crippen LogP contribution in [0.2, 0.25) is 0 Å². The van der Waals surface area contributed by atoms with E-state index in [0.29, 0.717) is 24.7 Å². The fourth-order valence-corrected chi connectivity index (χ4v) is 1.22. The van der Waals surface area contributed by atoms with Crippen molar-refractivity contribution in [1.82, 2.24) is 20.2 Å². The first-order valence-corrected chi connectivity index (χ1v) is 5.15. The van der Waals surface area contributed by atoms with Crippen LogP contribution in [0.5, 0.6) is 0 Å². The van der Waals surface area contributed by atoms with Gasteiger partial charge in [-0.1, -0.05) is 0 Å². The van der Waals surface area contributed by atoms with Crippen LogP contribution in [0, 0.1) is 0 Å². The smallest absolute Gasteiger partial charge is 0.227 e. The summed E-state index contributed by atoms with van der Waals surface area (Å²) in [4.78, 5) is 19.4. The molecular formula is C10H12N6O. The maximum absolute atomic E-state index is 11.5. The summed E-state index contributed by atoms with van der Waals surface area (Å²) in [5, 5.41) is 12.0. The molecule has 2 aromatic rings. The number of carbonyl (C=O) groups is 1. The molecule has 2 rings (SSSR count). The summed E-state index contributed by atoms with van der Waals surface area (Å²) in [7, 11) is 0. The van der Waals surface area contributed by atoms with Crippen LogP contribution in [0.15, 0.2) is 30.7 Å². The van der Waals surface area contributed by atoms with Gasteiger partial charge in [0, 0.05) is 31.4 Å². The summed E-state index contributed by atoms with van der Waals surface area (Å²) in [5.74, 6) is 1.01. The maximum Gasteiger partial charge on any atom is 0.227 e. The van der Waals surface area contributed by atoms with E-state index < -0.39 is 0 Å². The first-order chi connectivity index (χ1) is 8.34. The Morgan fingerprint density at radius 1 is 1.29 bits per heavy atom. The summed E-state index contributed by atoms with van der Waals surface area (Å²) in [6.45, 7) is 0.476. The van der Waals surface area contributed by atoms with Crippen LogP contribution in [-0.2, 0) is 4.79 Å². The van der Waals surface area contributed by atoms with Crippen LogP contribution in [0.25, 0.3) is 0 Å². The van der Waals surface area contributed by atoms with Gasteiger partial charge in [0.05, 0.1) is 6.20 Å². The van der Waals surface area contributed by atoms with Crippen molar-refractivity contribution in [3.05, 3.63) is 30.7 Å². The van der Waals surface area contributed by atoms with Gasteiger partial charge >= 0.3 is 0 Å². The molecule has 0 saturated carbocycles. The molecule has 17 heavy (non-hydrogen) atoms. The zero-order valence-corrected chi connectivity index (χ0v) is 9.05. The van der Waals surface area contributed by atoms with E-state index in [0.717, 1.165) is 0 Å². The highest BCUT2D eigenvalue weighted by Gasteiger charge is 2.02. The molecule has 0 aromatic carbocycles. The predicted octanol–water partition coefficient (Wildman–Crippen LogP) is 0.640. The fourth-order valence-electron chi connectivity index (χ4n) is 1.22. The lowest BCUT2D eigenvalue weighted by Gasteiger charge is -2.04. The zero-order valence-electron chi connectivity index (χ0n) is 9.05. The molecule has 1 amide bonds. The summed E-state index contributed by atoms with van der Waals surface area (Å²) in [6, 6.07) is 3.42. The molecule has 0 atom stereocenters. The minimum Gasteiger partial charge on any atom is -0.354 e. The van der Waals surface area contributed by atoms with Gasteiger partial charge in [0.15, 0.2) is 0 Å². The molecular weight excluding hydrogens is 220 g/mol. The molecule has 3 N–H and O–H groups in total. The molecule has 7 nitrogen and oxygen atoms in total. The number of H-pyrrole nitrogens is 1. The van der Waals surface area contributed by atoms with E-state index in [-0.39, 0.29) is 5.91 Å². The van der Waals surface area contributed by atoms with E-state index in [2.05, 4.69) is 30.8 Å². The third-order valence-electron chi connectivity index (χ3n) is 1.98. The first-order valence-electron chi connectivity index (χ1n) is 5.15. The summed E-state index contributed by atoms with van der Waals surface area (Å²) < 4.78 is 0. The second-order valence-electron chi connectivity index (χ2n) is 3.27. The second-order valence-corrected chi connectivity index (χ2v) is 3.27. The van der Waals surface area contributed by atoms with Crippen LogP contribution >= 0.6 is 0 Å². The van der Waals surface area contributed by atoms with Crippen molar-refractivity contribution in [3.63, 3.8) is 0 Å². The van der Waals surface area contributed by atoms with Gasteiger partial charge < -0.3 is 10.6 Å². The van der Waals surface area contributed by atoms with E-state index >= 15 is 0 Å². The van der Waals surface area contributed by atoms with Crippen LogP contribution < -0.4 is 10.6 Å². The predicted molar refractivity (Wildman–Crippen MR) is 62.4 cm³/mol. The monoisotopic (exact) mass is 232 g/mol. The zero-order chi connectivity index (χ0) is 11.9. The van der Waals surface area contributed by atoms with Crippen molar-refractivity contribution in [2.75, 3.05) is 17.2 Å². The third-order valence-corrected chi connectivity index (χ3v) is 1.98. The van der Waals surface area contributed by atoms with E-state index in [9.17, 15) is 4.79 Å². The highest BCUT2D eigenvalue weighted by Crippen LogP contribution is 2.00. The molecule has 0 unspecified atom stereocenters. The Labute approximate surface area is 97.7 Å². The Balaban J connectivity index is 1.70. The van der Waals surface area contributed by atoms with Gasteiger partial charge in [0.2, 0.25) is 11.9 Å². The van der Waals surface area contributed by atoms with Crippen molar-refractivity contribution in [1.29, 1.82) is 0 Å². The van der Waals surface area contributed by atoms with Crippen molar-refractivity contribution in [3.8, 4) is 0 Å². The van der Waals surface area contributed by atoms with Gasteiger partial charge in [0.25, 0.3) is 0 Å². The number of nitrogens with one attached hydrogen (secondary N) is 3. The van der Waals surface area contributed by atoms with Crippen molar-refractivity contribution in [2.24, 2.45) is 0 Å². The second kappa shape index (κ2) is 5.59. The lowest BCUT2D eigenvalue weighted by Crippen LogP contribution is -2.17. The van der Waals surface area contributed by atoms with Crippen LogP contribution in [-0.4, -0.2) is 32.6 Å². The molecule has 0 fully saturated rings. The Kier molecular flexibility index (Phi) is 3.64. The van der Waals surface area contributed by atoms with Crippen molar-refractivity contribution < 1.29 is 4.79 Å². The van der Waals surface area contributed by atoms with Gasteiger partial charge in [-0.15, -0.1) is 0 Å². The number of aromatic nitrogens is 4. The van der Waals surface area contributed by atoms with E-state index in [1.165, 1.54) is 0 Å². The number of nitrogens with zero attached hydrogens (tertiary/aromatic N) is 3. The number of anilines is 2. The lowest BCUT2D eigenvalue weighted by molar-refractivity contribution is -0.116. The molecule has 2 heterocycles. The lowest BCUT2D eigenvalue weighted by atomic mass is 10.4. The maximum atomic E-state index is 11.5. The van der Waals surface area contributed by atoms with Crippen LogP contribution in [0.3, 0.4) is 0 Å². The molecule has 7 heteroatoms. The van der Waals surface area contributed by atoms with Gasteiger partial charge in [-0.05, 0) is 6.07 Å². The topological polar surface area (TPSA) is 95.6 Å². The quantitative estimate of drug-likeness (QED) is 0.703. The van der Waals surface area contributed by atoms with Crippen molar-refractivity contribution in [2.45, 2.75) is 6.42 Å². The highest BCUT2D eigenvalue weighted by atomic mass is 16.1. The Morgan fingerprint density at radius 3 is 2.82 bits per heavy atom. The van der Waals surface area contributed by atoms with E-state index in [1.807, 2.05) is 0 Å². The van der Waals surface area contributed by atoms with Crippen LogP contribution in [0.1, 0.15) is 6.42 Å². The number of amides is 1. The normalized spacial score (nSPS) is 9.88. The minimum absolute atomic E-state index is 0.0994. The van der Waals surface area contributed by atoms with E-state index in [1.54, 1.807) is 30.7 Å². The molecule has 0 aliphatic carbocycles. The number of carbonyl (C=O) groups excluding carboxylic acids is 1. The summed E-state index contributed by atoms with van der Waals surface area (Å²) in [6.07, 6.45) is 5.18. The van der Waals surface area contributed by atoms with Gasteiger partial charge in [0.1, 0.15) is 5.82 Å². The SMILES string of the molecule is O=C(CCNc1ncccn1)Nc1ccn[nH]1. The number of hydrogen-bond donors (Lipinski definition) is 3. The Hall–Kier alpha value is -2.44. The molecule has 0 radical (unpaired) electrons. The summed E-state index contributed by atoms with van der Waals surface area (Å²) >= 11 is 0. The largest absolute Gasteiger partial charge is 0.354 e. The highest BCUT2D eigenvalue weighted by molar-refractivity contribution is 5.89. The number of rotatable bonds is 5. The fraction of sp³-hybridized carbons (Fsp3) is 0.200. The molecule has 2 aromatic heterocycles. The van der Waals surface area contributed by atoms with Gasteiger partial charge in [-0.3, -0.25) is 9.89 Å². The number of aromatic amines is 1. The first kappa shape index (κ1) is 11.1. The molecule has 0 aliphatic rings. The van der Waals surface area contributed by atoms with Crippen molar-refractivity contribution >= 4 is 17.7 Å². The van der Waals surface area contributed by atoms with Gasteiger partial charge in [-0.25, -0.2) is 9.97 Å². The minimum atomic E-state index is -0.0994. The van der Waals surface area contributed by atoms with Gasteiger partial charge in [-0.2, -0.15) is 5.10 Å². The Bertz CT molecular complexity index is 455. The van der Waals surface area contributed by atoms with Crippen LogP contribution in [0.4, 0.5) is 11.8 Å². The standard InChI is InChI=1S/C10H12N6O/c17-9(15-8-2-7-14-16-8)3-6-13-10-11-4-1-5-12-10/h1-2,4-5,7H,3,6H2,(H,11,12,13)(H2,14,15,16,17). The molecule has 0 saturated heterocycles. The molecule has 0 bridgehead atoms.